The normalized spacial score (nSPS) is 10.8. The van der Waals surface area contributed by atoms with Gasteiger partial charge in [0, 0.05) is 13.1 Å². The fourth-order valence-corrected chi connectivity index (χ4v) is 1.78. The maximum absolute atomic E-state index is 5.78. The summed E-state index contributed by atoms with van der Waals surface area (Å²) in [6.07, 6.45) is 4.94. The number of hydrogen-bond donors (Lipinski definition) is 1. The van der Waals surface area contributed by atoms with Gasteiger partial charge < -0.3 is 9.73 Å². The van der Waals surface area contributed by atoms with Crippen LogP contribution in [0.5, 0.6) is 0 Å². The summed E-state index contributed by atoms with van der Waals surface area (Å²) in [7, 11) is 0. The van der Waals surface area contributed by atoms with Gasteiger partial charge in [0.1, 0.15) is 11.5 Å². The Morgan fingerprint density at radius 2 is 1.89 bits per heavy atom. The second-order valence-corrected chi connectivity index (χ2v) is 4.32. The van der Waals surface area contributed by atoms with Crippen molar-refractivity contribution in [2.24, 2.45) is 0 Å². The topological polar surface area (TPSA) is 28.4 Å². The van der Waals surface area contributed by atoms with E-state index in [2.05, 4.69) is 30.3 Å². The van der Waals surface area contributed by atoms with Gasteiger partial charge in [-0.25, -0.2) is 0 Å². The Morgan fingerprint density at radius 3 is 2.50 bits per heavy atom. The van der Waals surface area contributed by atoms with Crippen molar-refractivity contribution in [1.29, 1.82) is 0 Å². The van der Waals surface area contributed by atoms with Gasteiger partial charge >= 0.3 is 0 Å². The zero-order valence-electron chi connectivity index (χ0n) is 11.3. The van der Waals surface area contributed by atoms with E-state index < -0.39 is 0 Å². The quantitative estimate of drug-likeness (QED) is 0.510. The van der Waals surface area contributed by atoms with Crippen LogP contribution >= 0.6 is 0 Å². The van der Waals surface area contributed by atoms with Crippen molar-refractivity contribution in [3.8, 4) is 0 Å². The molecule has 0 radical (unpaired) electrons. The summed E-state index contributed by atoms with van der Waals surface area (Å²) in [6.45, 7) is 14.0. The minimum atomic E-state index is 0.797. The summed E-state index contributed by atoms with van der Waals surface area (Å²) in [5.74, 6) is 1.99. The average molecular weight is 248 g/mol. The Balaban J connectivity index is 2.45. The third-order valence-corrected chi connectivity index (χ3v) is 2.60. The highest BCUT2D eigenvalue weighted by Gasteiger charge is 2.06. The van der Waals surface area contributed by atoms with Gasteiger partial charge in [0.15, 0.2) is 0 Å². The summed E-state index contributed by atoms with van der Waals surface area (Å²) >= 11 is 0. The molecule has 3 heteroatoms. The minimum Gasteiger partial charge on any atom is -0.463 e. The molecule has 1 aromatic rings. The van der Waals surface area contributed by atoms with Crippen LogP contribution in [-0.2, 0) is 13.1 Å². The van der Waals surface area contributed by atoms with Crippen LogP contribution < -0.4 is 5.32 Å². The van der Waals surface area contributed by atoms with Gasteiger partial charge in [0.05, 0.1) is 13.1 Å². The largest absolute Gasteiger partial charge is 0.463 e. The van der Waals surface area contributed by atoms with Crippen molar-refractivity contribution >= 4 is 0 Å². The average Bonchev–Trinajstić information content (AvgIpc) is 2.78. The van der Waals surface area contributed by atoms with Crippen LogP contribution in [0.3, 0.4) is 0 Å². The van der Waals surface area contributed by atoms with Gasteiger partial charge in [-0.05, 0) is 25.1 Å². The Labute approximate surface area is 110 Å². The van der Waals surface area contributed by atoms with Crippen molar-refractivity contribution in [2.75, 3.05) is 19.6 Å². The van der Waals surface area contributed by atoms with E-state index in [4.69, 9.17) is 4.42 Å². The second-order valence-electron chi connectivity index (χ2n) is 4.32. The van der Waals surface area contributed by atoms with Crippen molar-refractivity contribution in [2.45, 2.75) is 26.4 Å². The Bertz CT molecular complexity index is 347. The smallest absolute Gasteiger partial charge is 0.118 e. The Morgan fingerprint density at radius 1 is 1.22 bits per heavy atom. The van der Waals surface area contributed by atoms with E-state index in [-0.39, 0.29) is 0 Å². The molecular weight excluding hydrogens is 224 g/mol. The van der Waals surface area contributed by atoms with Gasteiger partial charge in [-0.1, -0.05) is 19.1 Å². The molecule has 0 aliphatic rings. The first-order valence-corrected chi connectivity index (χ1v) is 6.52. The van der Waals surface area contributed by atoms with Crippen molar-refractivity contribution in [3.05, 3.63) is 49.0 Å². The fourth-order valence-electron chi connectivity index (χ4n) is 1.78. The van der Waals surface area contributed by atoms with E-state index in [0.717, 1.165) is 50.7 Å². The monoisotopic (exact) mass is 248 g/mol. The predicted octanol–water partition coefficient (Wildman–Crippen LogP) is 2.95. The highest BCUT2D eigenvalue weighted by atomic mass is 16.3. The third kappa shape index (κ3) is 5.34. The molecule has 0 spiro atoms. The molecule has 0 saturated heterocycles. The number of rotatable bonds is 10. The van der Waals surface area contributed by atoms with E-state index in [1.165, 1.54) is 0 Å². The fraction of sp³-hybridized carbons (Fsp3) is 0.467. The molecule has 0 unspecified atom stereocenters. The molecule has 0 aromatic carbocycles. The highest BCUT2D eigenvalue weighted by Crippen LogP contribution is 2.10. The molecule has 0 aliphatic heterocycles. The predicted molar refractivity (Wildman–Crippen MR) is 76.4 cm³/mol. The van der Waals surface area contributed by atoms with Gasteiger partial charge in [-0.15, -0.1) is 13.2 Å². The molecule has 1 aromatic heterocycles. The first-order valence-electron chi connectivity index (χ1n) is 6.52. The summed E-state index contributed by atoms with van der Waals surface area (Å²) in [5.41, 5.74) is 0. The minimum absolute atomic E-state index is 0.797. The van der Waals surface area contributed by atoms with Gasteiger partial charge in [0.25, 0.3) is 0 Å². The van der Waals surface area contributed by atoms with Crippen LogP contribution in [0.15, 0.2) is 41.9 Å². The highest BCUT2D eigenvalue weighted by molar-refractivity contribution is 5.07. The van der Waals surface area contributed by atoms with E-state index in [0.29, 0.717) is 0 Å². The van der Waals surface area contributed by atoms with E-state index >= 15 is 0 Å². The zero-order chi connectivity index (χ0) is 13.2. The molecule has 100 valence electrons. The van der Waals surface area contributed by atoms with Crippen LogP contribution in [0.2, 0.25) is 0 Å². The third-order valence-electron chi connectivity index (χ3n) is 2.60. The van der Waals surface area contributed by atoms with Crippen LogP contribution in [-0.4, -0.2) is 24.5 Å². The van der Waals surface area contributed by atoms with Crippen LogP contribution in [0.4, 0.5) is 0 Å². The van der Waals surface area contributed by atoms with Crippen LogP contribution in [0, 0.1) is 0 Å². The standard InChI is InChI=1S/C15H24N2O/c1-4-9-16-12-14-7-8-15(18-14)13-17(10-5-2)11-6-3/h5-8,16H,2-4,9-13H2,1H3. The maximum Gasteiger partial charge on any atom is 0.118 e. The first-order chi connectivity index (χ1) is 8.80. The van der Waals surface area contributed by atoms with E-state index in [9.17, 15) is 0 Å². The molecule has 0 bridgehead atoms. The molecule has 0 atom stereocenters. The maximum atomic E-state index is 5.78. The summed E-state index contributed by atoms with van der Waals surface area (Å²) in [5, 5.41) is 3.33. The van der Waals surface area contributed by atoms with E-state index in [1.54, 1.807) is 0 Å². The summed E-state index contributed by atoms with van der Waals surface area (Å²) < 4.78 is 5.78. The lowest BCUT2D eigenvalue weighted by Crippen LogP contribution is -2.22. The summed E-state index contributed by atoms with van der Waals surface area (Å²) in [6, 6.07) is 4.08. The molecular formula is C15H24N2O. The lowest BCUT2D eigenvalue weighted by molar-refractivity contribution is 0.289. The number of nitrogens with zero attached hydrogens (tertiary/aromatic N) is 1. The summed E-state index contributed by atoms with van der Waals surface area (Å²) in [4.78, 5) is 2.22. The van der Waals surface area contributed by atoms with Gasteiger partial charge in [-0.3, -0.25) is 4.90 Å². The van der Waals surface area contributed by atoms with Gasteiger partial charge in [0.2, 0.25) is 0 Å². The van der Waals surface area contributed by atoms with Crippen LogP contribution in [0.25, 0.3) is 0 Å². The molecule has 0 aliphatic carbocycles. The van der Waals surface area contributed by atoms with Gasteiger partial charge in [-0.2, -0.15) is 0 Å². The lowest BCUT2D eigenvalue weighted by atomic mass is 10.3. The molecule has 18 heavy (non-hydrogen) atoms. The molecule has 1 N–H and O–H groups in total. The second kappa shape index (κ2) is 8.72. The SMILES string of the molecule is C=CCN(CC=C)Cc1ccc(CNCCC)o1. The molecule has 0 amide bonds. The Kier molecular flexibility index (Phi) is 7.14. The van der Waals surface area contributed by atoms with Crippen molar-refractivity contribution in [3.63, 3.8) is 0 Å². The van der Waals surface area contributed by atoms with Crippen LogP contribution in [0.1, 0.15) is 24.9 Å². The number of nitrogens with one attached hydrogen (secondary N) is 1. The van der Waals surface area contributed by atoms with E-state index in [1.807, 2.05) is 24.3 Å². The van der Waals surface area contributed by atoms with Crippen molar-refractivity contribution < 1.29 is 4.42 Å². The molecule has 0 fully saturated rings. The molecule has 1 heterocycles. The number of hydrogen-bond acceptors (Lipinski definition) is 3. The molecule has 3 nitrogen and oxygen atoms in total. The lowest BCUT2D eigenvalue weighted by Gasteiger charge is -2.16. The first kappa shape index (κ1) is 14.7. The molecule has 1 rings (SSSR count). The number of furan rings is 1. The van der Waals surface area contributed by atoms with Crippen molar-refractivity contribution in [1.82, 2.24) is 10.2 Å². The Hall–Kier alpha value is -1.32. The zero-order valence-corrected chi connectivity index (χ0v) is 11.3. The molecule has 0 saturated carbocycles.